The average Bonchev–Trinajstić information content (AvgIpc) is 2.76. The minimum Gasteiger partial charge on any atom is -0.350 e. The Morgan fingerprint density at radius 2 is 2.00 bits per heavy atom. The van der Waals surface area contributed by atoms with Gasteiger partial charge in [-0.15, -0.1) is 0 Å². The lowest BCUT2D eigenvalue weighted by atomic mass is 10.0. The summed E-state index contributed by atoms with van der Waals surface area (Å²) in [5, 5.41) is 0. The maximum absolute atomic E-state index is 5.83. The van der Waals surface area contributed by atoms with Crippen LogP contribution in [0, 0.1) is 5.92 Å². The number of methoxy groups -OCH3 is 2. The third-order valence-electron chi connectivity index (χ3n) is 2.77. The largest absolute Gasteiger partial charge is 0.350 e. The number of nitrogens with zero attached hydrogens (tertiary/aromatic N) is 2. The van der Waals surface area contributed by atoms with Crippen LogP contribution < -0.4 is 5.73 Å². The minimum absolute atomic E-state index is 0.236. The third kappa shape index (κ3) is 3.52. The van der Waals surface area contributed by atoms with Gasteiger partial charge in [0, 0.05) is 26.8 Å². The van der Waals surface area contributed by atoms with Gasteiger partial charge in [-0.25, -0.2) is 4.98 Å². The topological polar surface area (TPSA) is 62.3 Å². The molecule has 0 spiro atoms. The minimum atomic E-state index is -0.390. The van der Waals surface area contributed by atoms with Crippen molar-refractivity contribution in [3.05, 3.63) is 18.2 Å². The smallest absolute Gasteiger partial charge is 0.200 e. The van der Waals surface area contributed by atoms with Gasteiger partial charge in [0.05, 0.1) is 18.2 Å². The molecule has 0 saturated carbocycles. The van der Waals surface area contributed by atoms with Crippen molar-refractivity contribution in [3.8, 4) is 0 Å². The molecule has 98 valence electrons. The molecular formula is C12H23N3O2. The lowest BCUT2D eigenvalue weighted by Crippen LogP contribution is -2.23. The van der Waals surface area contributed by atoms with Crippen LogP contribution in [-0.2, 0) is 9.47 Å². The van der Waals surface area contributed by atoms with Crippen LogP contribution in [0.1, 0.15) is 38.3 Å². The second kappa shape index (κ2) is 6.74. The summed E-state index contributed by atoms with van der Waals surface area (Å²) < 4.78 is 12.6. The Morgan fingerprint density at radius 1 is 1.35 bits per heavy atom. The van der Waals surface area contributed by atoms with Crippen LogP contribution in [0.2, 0.25) is 0 Å². The second-order valence-electron chi connectivity index (χ2n) is 4.55. The molecule has 1 heterocycles. The van der Waals surface area contributed by atoms with Crippen molar-refractivity contribution in [2.45, 2.75) is 32.6 Å². The van der Waals surface area contributed by atoms with Gasteiger partial charge in [-0.2, -0.15) is 0 Å². The first-order valence-electron chi connectivity index (χ1n) is 5.91. The molecular weight excluding hydrogens is 218 g/mol. The van der Waals surface area contributed by atoms with Gasteiger partial charge in [0.25, 0.3) is 0 Å². The Kier molecular flexibility index (Phi) is 5.61. The van der Waals surface area contributed by atoms with E-state index in [1.54, 1.807) is 26.7 Å². The molecule has 0 aliphatic carbocycles. The SMILES string of the molecule is COC(OC)c1cncn1C(CN)CC(C)C. The summed E-state index contributed by atoms with van der Waals surface area (Å²) in [5.41, 5.74) is 6.74. The van der Waals surface area contributed by atoms with Gasteiger partial charge >= 0.3 is 0 Å². The summed E-state index contributed by atoms with van der Waals surface area (Å²) in [4.78, 5) is 4.16. The van der Waals surface area contributed by atoms with E-state index in [0.29, 0.717) is 12.5 Å². The molecule has 0 amide bonds. The van der Waals surface area contributed by atoms with E-state index < -0.39 is 6.29 Å². The van der Waals surface area contributed by atoms with E-state index in [-0.39, 0.29) is 6.04 Å². The molecule has 0 radical (unpaired) electrons. The van der Waals surface area contributed by atoms with E-state index in [2.05, 4.69) is 23.4 Å². The number of hydrogen-bond acceptors (Lipinski definition) is 4. The summed E-state index contributed by atoms with van der Waals surface area (Å²) in [5.74, 6) is 0.585. The molecule has 1 aromatic heterocycles. The standard InChI is InChI=1S/C12H23N3O2/c1-9(2)5-10(6-13)15-8-14-7-11(15)12(16-3)17-4/h7-10,12H,5-6,13H2,1-4H3. The van der Waals surface area contributed by atoms with E-state index >= 15 is 0 Å². The predicted octanol–water partition coefficient (Wildman–Crippen LogP) is 1.72. The summed E-state index contributed by atoms with van der Waals surface area (Å²) in [6.07, 6.45) is 4.18. The molecule has 5 nitrogen and oxygen atoms in total. The molecule has 0 fully saturated rings. The van der Waals surface area contributed by atoms with Crippen molar-refractivity contribution < 1.29 is 9.47 Å². The molecule has 0 aliphatic heterocycles. The van der Waals surface area contributed by atoms with E-state index in [1.165, 1.54) is 0 Å². The van der Waals surface area contributed by atoms with Crippen molar-refractivity contribution in [1.82, 2.24) is 9.55 Å². The molecule has 0 bridgehead atoms. The van der Waals surface area contributed by atoms with E-state index in [1.807, 2.05) is 0 Å². The number of ether oxygens (including phenoxy) is 2. The quantitative estimate of drug-likeness (QED) is 0.738. The van der Waals surface area contributed by atoms with E-state index in [0.717, 1.165) is 12.1 Å². The highest BCUT2D eigenvalue weighted by Gasteiger charge is 2.20. The highest BCUT2D eigenvalue weighted by molar-refractivity contribution is 5.02. The van der Waals surface area contributed by atoms with Crippen LogP contribution in [-0.4, -0.2) is 30.3 Å². The van der Waals surface area contributed by atoms with Crippen molar-refractivity contribution in [1.29, 1.82) is 0 Å². The number of imidazole rings is 1. The highest BCUT2D eigenvalue weighted by atomic mass is 16.7. The Labute approximate surface area is 103 Å². The lowest BCUT2D eigenvalue weighted by molar-refractivity contribution is -0.111. The fourth-order valence-corrected chi connectivity index (χ4v) is 2.01. The zero-order valence-corrected chi connectivity index (χ0v) is 11.1. The van der Waals surface area contributed by atoms with Crippen molar-refractivity contribution >= 4 is 0 Å². The van der Waals surface area contributed by atoms with Gasteiger partial charge in [0.2, 0.25) is 0 Å². The third-order valence-corrected chi connectivity index (χ3v) is 2.77. The Balaban J connectivity index is 2.92. The zero-order valence-electron chi connectivity index (χ0n) is 11.1. The fourth-order valence-electron chi connectivity index (χ4n) is 2.01. The molecule has 1 unspecified atom stereocenters. The molecule has 0 aromatic carbocycles. The zero-order chi connectivity index (χ0) is 12.8. The van der Waals surface area contributed by atoms with Crippen molar-refractivity contribution in [3.63, 3.8) is 0 Å². The van der Waals surface area contributed by atoms with Gasteiger partial charge in [-0.3, -0.25) is 0 Å². The van der Waals surface area contributed by atoms with Crippen LogP contribution in [0.4, 0.5) is 0 Å². The summed E-state index contributed by atoms with van der Waals surface area (Å²) >= 11 is 0. The van der Waals surface area contributed by atoms with Crippen molar-refractivity contribution in [2.24, 2.45) is 11.7 Å². The normalized spacial score (nSPS) is 13.6. The molecule has 2 N–H and O–H groups in total. The first-order chi connectivity index (χ1) is 8.13. The maximum atomic E-state index is 5.83. The van der Waals surface area contributed by atoms with Gasteiger partial charge in [-0.05, 0) is 12.3 Å². The summed E-state index contributed by atoms with van der Waals surface area (Å²) in [6, 6.07) is 0.236. The van der Waals surface area contributed by atoms with Crippen LogP contribution in [0.25, 0.3) is 0 Å². The lowest BCUT2D eigenvalue weighted by Gasteiger charge is -2.23. The number of aromatic nitrogens is 2. The van der Waals surface area contributed by atoms with Gasteiger partial charge in [0.15, 0.2) is 6.29 Å². The Morgan fingerprint density at radius 3 is 2.47 bits per heavy atom. The average molecular weight is 241 g/mol. The monoisotopic (exact) mass is 241 g/mol. The van der Waals surface area contributed by atoms with E-state index in [9.17, 15) is 0 Å². The Hall–Kier alpha value is -0.910. The Bertz CT molecular complexity index is 321. The molecule has 1 rings (SSSR count). The summed E-state index contributed by atoms with van der Waals surface area (Å²) in [7, 11) is 3.23. The fraction of sp³-hybridized carbons (Fsp3) is 0.750. The molecule has 5 heteroatoms. The first-order valence-corrected chi connectivity index (χ1v) is 5.91. The second-order valence-corrected chi connectivity index (χ2v) is 4.55. The molecule has 0 saturated heterocycles. The number of nitrogens with two attached hydrogens (primary N) is 1. The van der Waals surface area contributed by atoms with Gasteiger partial charge in [0.1, 0.15) is 0 Å². The van der Waals surface area contributed by atoms with Crippen molar-refractivity contribution in [2.75, 3.05) is 20.8 Å². The molecule has 17 heavy (non-hydrogen) atoms. The molecule has 1 aromatic rings. The van der Waals surface area contributed by atoms with Gasteiger partial charge in [-0.1, -0.05) is 13.8 Å². The highest BCUT2D eigenvalue weighted by Crippen LogP contribution is 2.24. The number of hydrogen-bond donors (Lipinski definition) is 1. The van der Waals surface area contributed by atoms with E-state index in [4.69, 9.17) is 15.2 Å². The first kappa shape index (κ1) is 14.2. The summed E-state index contributed by atoms with van der Waals surface area (Å²) in [6.45, 7) is 4.95. The molecule has 0 aliphatic rings. The van der Waals surface area contributed by atoms with Crippen LogP contribution in [0.3, 0.4) is 0 Å². The van der Waals surface area contributed by atoms with Gasteiger partial charge < -0.3 is 19.8 Å². The van der Waals surface area contributed by atoms with Crippen LogP contribution >= 0.6 is 0 Å². The molecule has 1 atom stereocenters. The predicted molar refractivity (Wildman–Crippen MR) is 66.5 cm³/mol. The van der Waals surface area contributed by atoms with Crippen LogP contribution in [0.15, 0.2) is 12.5 Å². The number of rotatable bonds is 7. The maximum Gasteiger partial charge on any atom is 0.200 e. The van der Waals surface area contributed by atoms with Crippen LogP contribution in [0.5, 0.6) is 0 Å².